The summed E-state index contributed by atoms with van der Waals surface area (Å²) in [6.45, 7) is 7.81. The molecule has 7 heteroatoms. The molecular formula is C22H30ClN5O. The first-order chi connectivity index (χ1) is 13.5. The number of nitrogens with zero attached hydrogens (tertiary/aromatic N) is 4. The van der Waals surface area contributed by atoms with E-state index in [4.69, 9.17) is 15.8 Å². The van der Waals surface area contributed by atoms with Crippen LogP contribution >= 0.6 is 12.4 Å². The molecule has 3 aromatic rings. The van der Waals surface area contributed by atoms with E-state index in [1.165, 1.54) is 0 Å². The van der Waals surface area contributed by atoms with E-state index >= 15 is 0 Å². The number of piperidine rings is 1. The van der Waals surface area contributed by atoms with Crippen LogP contribution in [0.1, 0.15) is 43.1 Å². The largest absolute Gasteiger partial charge is 0.343 e. The molecule has 2 aromatic heterocycles. The van der Waals surface area contributed by atoms with Crippen LogP contribution in [0.5, 0.6) is 0 Å². The average Bonchev–Trinajstić information content (AvgIpc) is 3.06. The lowest BCUT2D eigenvalue weighted by Crippen LogP contribution is -2.42. The fourth-order valence-electron chi connectivity index (χ4n) is 4.40. The average molecular weight is 416 g/mol. The zero-order valence-corrected chi connectivity index (χ0v) is 18.2. The van der Waals surface area contributed by atoms with Crippen molar-refractivity contribution in [2.75, 3.05) is 13.1 Å². The van der Waals surface area contributed by atoms with Crippen LogP contribution in [0.4, 0.5) is 0 Å². The Labute approximate surface area is 177 Å². The Kier molecular flexibility index (Phi) is 6.44. The normalized spacial score (nSPS) is 16.2. The number of carbonyl (C=O) groups excluding carboxylic acids is 1. The Morgan fingerprint density at radius 1 is 1.24 bits per heavy atom. The number of aromatic nitrogens is 3. The van der Waals surface area contributed by atoms with Gasteiger partial charge in [-0.1, -0.05) is 12.1 Å². The van der Waals surface area contributed by atoms with E-state index in [1.807, 2.05) is 34.5 Å². The Bertz CT molecular complexity index is 1020. The van der Waals surface area contributed by atoms with Crippen molar-refractivity contribution >= 4 is 34.9 Å². The Balaban J connectivity index is 0.00000240. The first kappa shape index (κ1) is 21.5. The molecule has 6 nitrogen and oxygen atoms in total. The summed E-state index contributed by atoms with van der Waals surface area (Å²) in [4.78, 5) is 19.5. The molecule has 1 unspecified atom stereocenters. The Hall–Kier alpha value is -2.18. The minimum absolute atomic E-state index is 0. The molecule has 0 bridgehead atoms. The van der Waals surface area contributed by atoms with Gasteiger partial charge in [0.05, 0.1) is 5.52 Å². The highest BCUT2D eigenvalue weighted by molar-refractivity contribution is 5.92. The first-order valence-electron chi connectivity index (χ1n) is 10.2. The van der Waals surface area contributed by atoms with Gasteiger partial charge in [0.1, 0.15) is 0 Å². The molecule has 1 aliphatic heterocycles. The summed E-state index contributed by atoms with van der Waals surface area (Å²) in [5.41, 5.74) is 11.0. The Morgan fingerprint density at radius 3 is 2.62 bits per heavy atom. The molecule has 1 amide bonds. The number of benzene rings is 1. The fraction of sp³-hybridized carbons (Fsp3) is 0.500. The van der Waals surface area contributed by atoms with E-state index in [0.717, 1.165) is 59.4 Å². The van der Waals surface area contributed by atoms with Crippen molar-refractivity contribution in [3.63, 3.8) is 0 Å². The van der Waals surface area contributed by atoms with Gasteiger partial charge >= 0.3 is 0 Å². The van der Waals surface area contributed by atoms with Crippen molar-refractivity contribution in [1.82, 2.24) is 19.5 Å². The molecule has 1 aliphatic rings. The fourth-order valence-corrected chi connectivity index (χ4v) is 4.40. The van der Waals surface area contributed by atoms with Crippen molar-refractivity contribution in [3.05, 3.63) is 41.2 Å². The maximum Gasteiger partial charge on any atom is 0.222 e. The zero-order chi connectivity index (χ0) is 19.8. The smallest absolute Gasteiger partial charge is 0.222 e. The maximum atomic E-state index is 12.7. The SMILES string of the molecule is Cc1nc2c3ccccc3nn2c(C)c1CCC(=O)N1CCC(C(C)N)CC1.Cl. The molecule has 3 heterocycles. The second-order valence-corrected chi connectivity index (χ2v) is 8.09. The monoisotopic (exact) mass is 415 g/mol. The van der Waals surface area contributed by atoms with Crippen molar-refractivity contribution in [2.45, 2.75) is 52.5 Å². The van der Waals surface area contributed by atoms with Crippen LogP contribution in [0.25, 0.3) is 16.6 Å². The molecule has 29 heavy (non-hydrogen) atoms. The summed E-state index contributed by atoms with van der Waals surface area (Å²) in [5.74, 6) is 0.766. The summed E-state index contributed by atoms with van der Waals surface area (Å²) in [6.07, 6.45) is 3.23. The van der Waals surface area contributed by atoms with E-state index in [2.05, 4.69) is 19.9 Å². The number of hydrogen-bond acceptors (Lipinski definition) is 4. The van der Waals surface area contributed by atoms with Gasteiger partial charge in [-0.05, 0) is 63.6 Å². The summed E-state index contributed by atoms with van der Waals surface area (Å²) < 4.78 is 1.92. The third-order valence-electron chi connectivity index (χ3n) is 6.24. The lowest BCUT2D eigenvalue weighted by Gasteiger charge is -2.33. The van der Waals surface area contributed by atoms with E-state index in [0.29, 0.717) is 18.8 Å². The summed E-state index contributed by atoms with van der Waals surface area (Å²) in [6, 6.07) is 8.28. The molecule has 0 spiro atoms. The highest BCUT2D eigenvalue weighted by atomic mass is 35.5. The lowest BCUT2D eigenvalue weighted by molar-refractivity contribution is -0.132. The summed E-state index contributed by atoms with van der Waals surface area (Å²) >= 11 is 0. The van der Waals surface area contributed by atoms with E-state index < -0.39 is 0 Å². The van der Waals surface area contributed by atoms with Crippen LogP contribution < -0.4 is 5.73 Å². The second kappa shape index (κ2) is 8.67. The minimum atomic E-state index is 0. The van der Waals surface area contributed by atoms with E-state index in [-0.39, 0.29) is 24.4 Å². The highest BCUT2D eigenvalue weighted by Crippen LogP contribution is 2.24. The second-order valence-electron chi connectivity index (χ2n) is 8.09. The van der Waals surface area contributed by atoms with Gasteiger partial charge in [0.25, 0.3) is 0 Å². The minimum Gasteiger partial charge on any atom is -0.343 e. The Morgan fingerprint density at radius 2 is 1.93 bits per heavy atom. The summed E-state index contributed by atoms with van der Waals surface area (Å²) in [5, 5.41) is 5.77. The van der Waals surface area contributed by atoms with Crippen molar-refractivity contribution in [1.29, 1.82) is 0 Å². The first-order valence-corrected chi connectivity index (χ1v) is 10.2. The number of rotatable bonds is 4. The van der Waals surface area contributed by atoms with Crippen LogP contribution in [-0.4, -0.2) is 44.5 Å². The van der Waals surface area contributed by atoms with E-state index in [9.17, 15) is 4.79 Å². The number of likely N-dealkylation sites (tertiary alicyclic amines) is 1. The molecule has 0 aliphatic carbocycles. The predicted molar refractivity (Wildman–Crippen MR) is 118 cm³/mol. The third kappa shape index (κ3) is 4.09. The molecular weight excluding hydrogens is 386 g/mol. The maximum absolute atomic E-state index is 12.7. The van der Waals surface area contributed by atoms with Crippen molar-refractivity contribution < 1.29 is 4.79 Å². The van der Waals surface area contributed by atoms with Crippen LogP contribution in [0.15, 0.2) is 24.3 Å². The molecule has 1 saturated heterocycles. The number of halogens is 1. The van der Waals surface area contributed by atoms with E-state index in [1.54, 1.807) is 0 Å². The highest BCUT2D eigenvalue weighted by Gasteiger charge is 2.25. The molecule has 0 saturated carbocycles. The number of aryl methyl sites for hydroxylation is 2. The number of carbonyl (C=O) groups is 1. The number of amides is 1. The van der Waals surface area contributed by atoms with Gasteiger partial charge in [-0.15, -0.1) is 12.4 Å². The lowest BCUT2D eigenvalue weighted by atomic mass is 9.91. The van der Waals surface area contributed by atoms with Gasteiger partial charge in [-0.3, -0.25) is 4.79 Å². The summed E-state index contributed by atoms with van der Waals surface area (Å²) in [7, 11) is 0. The topological polar surface area (TPSA) is 76.5 Å². The standard InChI is InChI=1S/C22H29N5O.ClH/c1-14(23)17-10-12-26(13-11-17)21(28)9-8-18-15(2)24-22-19-6-4-5-7-20(19)25-27(22)16(18)3;/h4-7,14,17H,8-13,23H2,1-3H3;1H. The van der Waals surface area contributed by atoms with Gasteiger partial charge in [-0.2, -0.15) is 5.10 Å². The quantitative estimate of drug-likeness (QED) is 0.708. The molecule has 2 N–H and O–H groups in total. The molecule has 1 aromatic carbocycles. The van der Waals surface area contributed by atoms with Gasteiger partial charge in [0, 0.05) is 42.3 Å². The molecule has 1 atom stereocenters. The van der Waals surface area contributed by atoms with Crippen LogP contribution in [0.3, 0.4) is 0 Å². The third-order valence-corrected chi connectivity index (χ3v) is 6.24. The van der Waals surface area contributed by atoms with Crippen LogP contribution in [0, 0.1) is 19.8 Å². The van der Waals surface area contributed by atoms with Crippen molar-refractivity contribution in [2.24, 2.45) is 11.7 Å². The molecule has 0 radical (unpaired) electrons. The number of nitrogens with two attached hydrogens (primary N) is 1. The van der Waals surface area contributed by atoms with Crippen LogP contribution in [0.2, 0.25) is 0 Å². The van der Waals surface area contributed by atoms with Crippen LogP contribution in [-0.2, 0) is 11.2 Å². The molecule has 1 fully saturated rings. The number of fused-ring (bicyclic) bond motifs is 3. The predicted octanol–water partition coefficient (Wildman–Crippen LogP) is 3.44. The zero-order valence-electron chi connectivity index (χ0n) is 17.4. The number of hydrogen-bond donors (Lipinski definition) is 1. The van der Waals surface area contributed by atoms with Gasteiger partial charge in [0.2, 0.25) is 5.91 Å². The molecule has 4 rings (SSSR count). The van der Waals surface area contributed by atoms with Gasteiger partial charge in [0.15, 0.2) is 5.65 Å². The van der Waals surface area contributed by atoms with Gasteiger partial charge < -0.3 is 10.6 Å². The molecule has 156 valence electrons. The van der Waals surface area contributed by atoms with Gasteiger partial charge in [-0.25, -0.2) is 9.50 Å². The van der Waals surface area contributed by atoms with Crippen molar-refractivity contribution in [3.8, 4) is 0 Å².